The molecule has 4 N–H and O–H groups in total. The molecule has 0 bridgehead atoms. The van der Waals surface area contributed by atoms with Gasteiger partial charge in [0.1, 0.15) is 18.3 Å². The Balaban J connectivity index is 2.99. The Kier molecular flexibility index (Phi) is 11.4. The first-order chi connectivity index (χ1) is 12.6. The van der Waals surface area contributed by atoms with Gasteiger partial charge in [0.05, 0.1) is 31.5 Å². The van der Waals surface area contributed by atoms with Crippen LogP contribution in [0.3, 0.4) is 0 Å². The molecule has 0 aromatic heterocycles. The largest absolute Gasteiger partial charge is 0.726 e. The first-order valence-electron chi connectivity index (χ1n) is 7.91. The minimum Gasteiger partial charge on any atom is -0.726 e. The summed E-state index contributed by atoms with van der Waals surface area (Å²) < 4.78 is 52.8. The normalized spacial score (nSPS) is 30.8. The Labute approximate surface area is 164 Å². The molecule has 27 heavy (non-hydrogen) atoms. The van der Waals surface area contributed by atoms with Crippen LogP contribution in [0, 0.1) is 11.8 Å². The van der Waals surface area contributed by atoms with Gasteiger partial charge in [0.15, 0.2) is 0 Å². The van der Waals surface area contributed by atoms with Crippen molar-refractivity contribution in [2.75, 3.05) is 13.2 Å². The molecule has 0 radical (unpaired) electrons. The van der Waals surface area contributed by atoms with Gasteiger partial charge in [0.2, 0.25) is 10.4 Å². The third-order valence-electron chi connectivity index (χ3n) is 4.62. The maximum Gasteiger partial charge on any atom is 0.218 e. The standard InChI is InChI=1S/C12H27O11P3S/c13-3-8(15)10(16)12(23-27(17,18)19)7(14)1-5-2-9(21-25)11(22-26)6(5)4-20-24/h5-16H,1-4,24-26H2,(H,17,18,19)/p-1. The van der Waals surface area contributed by atoms with Gasteiger partial charge >= 0.3 is 0 Å². The van der Waals surface area contributed by atoms with Crippen molar-refractivity contribution in [1.82, 2.24) is 0 Å². The van der Waals surface area contributed by atoms with Gasteiger partial charge in [-0.25, -0.2) is 8.42 Å². The second-order valence-electron chi connectivity index (χ2n) is 6.28. The molecule has 0 aromatic carbocycles. The van der Waals surface area contributed by atoms with Gasteiger partial charge in [-0.05, 0) is 18.8 Å². The molecule has 15 heteroatoms. The van der Waals surface area contributed by atoms with Gasteiger partial charge in [0, 0.05) is 34.3 Å². The topological polar surface area (TPSA) is 175 Å². The average Bonchev–Trinajstić information content (AvgIpc) is 2.94. The van der Waals surface area contributed by atoms with Crippen molar-refractivity contribution in [2.24, 2.45) is 11.8 Å². The fraction of sp³-hybridized carbons (Fsp3) is 1.00. The van der Waals surface area contributed by atoms with Crippen LogP contribution in [0.4, 0.5) is 0 Å². The Morgan fingerprint density at radius 3 is 2.19 bits per heavy atom. The smallest absolute Gasteiger partial charge is 0.218 e. The van der Waals surface area contributed by atoms with Gasteiger partial charge in [-0.3, -0.25) is 4.18 Å². The fourth-order valence-corrected chi connectivity index (χ4v) is 4.72. The molecule has 1 saturated carbocycles. The third kappa shape index (κ3) is 7.57. The Morgan fingerprint density at radius 2 is 1.74 bits per heavy atom. The lowest BCUT2D eigenvalue weighted by Crippen LogP contribution is -2.49. The van der Waals surface area contributed by atoms with E-state index in [0.29, 0.717) is 6.42 Å². The third-order valence-corrected chi connectivity index (χ3v) is 5.93. The summed E-state index contributed by atoms with van der Waals surface area (Å²) in [6.07, 6.45) is -7.88. The van der Waals surface area contributed by atoms with Crippen LogP contribution < -0.4 is 0 Å². The molecule has 0 spiro atoms. The van der Waals surface area contributed by atoms with E-state index in [1.54, 1.807) is 0 Å². The van der Waals surface area contributed by atoms with E-state index in [1.165, 1.54) is 0 Å². The molecule has 0 heterocycles. The first-order valence-corrected chi connectivity index (χ1v) is 10.7. The summed E-state index contributed by atoms with van der Waals surface area (Å²) in [5.74, 6) is -0.569. The molecule has 1 aliphatic rings. The van der Waals surface area contributed by atoms with Crippen LogP contribution in [0.5, 0.6) is 0 Å². The lowest BCUT2D eigenvalue weighted by atomic mass is 9.87. The van der Waals surface area contributed by atoms with E-state index in [9.17, 15) is 28.3 Å². The van der Waals surface area contributed by atoms with Crippen LogP contribution in [0.2, 0.25) is 0 Å². The number of aliphatic hydroxyl groups is 4. The van der Waals surface area contributed by atoms with Crippen LogP contribution in [-0.4, -0.2) is 83.2 Å². The molecule has 0 aromatic rings. The van der Waals surface area contributed by atoms with E-state index in [2.05, 4.69) is 32.6 Å². The Bertz CT molecular complexity index is 539. The van der Waals surface area contributed by atoms with Crippen LogP contribution in [0.25, 0.3) is 0 Å². The second kappa shape index (κ2) is 11.9. The van der Waals surface area contributed by atoms with Crippen molar-refractivity contribution in [3.05, 3.63) is 0 Å². The van der Waals surface area contributed by atoms with Crippen LogP contribution in [-0.2, 0) is 28.2 Å². The molecule has 1 aliphatic carbocycles. The summed E-state index contributed by atoms with van der Waals surface area (Å²) in [4.78, 5) is 0. The van der Waals surface area contributed by atoms with E-state index < -0.39 is 47.5 Å². The van der Waals surface area contributed by atoms with Crippen molar-refractivity contribution < 1.29 is 51.2 Å². The molecule has 11 unspecified atom stereocenters. The average molecular weight is 471 g/mol. The SMILES string of the molecule is O=S(=O)([O-])OC(C(O)CC1CC(OP)C(OP)C1COP)C(O)C(O)CO. The lowest BCUT2D eigenvalue weighted by molar-refractivity contribution is -0.110. The van der Waals surface area contributed by atoms with E-state index >= 15 is 0 Å². The zero-order chi connectivity index (χ0) is 20.8. The van der Waals surface area contributed by atoms with Crippen LogP contribution >= 0.6 is 28.4 Å². The van der Waals surface area contributed by atoms with E-state index in [1.807, 2.05) is 0 Å². The summed E-state index contributed by atoms with van der Waals surface area (Å²) in [7, 11) is 1.05. The summed E-state index contributed by atoms with van der Waals surface area (Å²) in [6, 6.07) is 0. The second-order valence-corrected chi connectivity index (χ2v) is 8.17. The van der Waals surface area contributed by atoms with Crippen LogP contribution in [0.15, 0.2) is 0 Å². The highest BCUT2D eigenvalue weighted by atomic mass is 32.3. The van der Waals surface area contributed by atoms with Crippen molar-refractivity contribution in [2.45, 2.75) is 49.5 Å². The van der Waals surface area contributed by atoms with Crippen molar-refractivity contribution in [1.29, 1.82) is 0 Å². The number of hydrogen-bond donors (Lipinski definition) is 4. The van der Waals surface area contributed by atoms with Gasteiger partial charge < -0.3 is 38.6 Å². The minimum atomic E-state index is -5.29. The van der Waals surface area contributed by atoms with Gasteiger partial charge in [-0.1, -0.05) is 0 Å². The highest BCUT2D eigenvalue weighted by molar-refractivity contribution is 7.80. The predicted octanol–water partition coefficient (Wildman–Crippen LogP) is -1.91. The fourth-order valence-electron chi connectivity index (χ4n) is 3.34. The molecular weight excluding hydrogens is 445 g/mol. The summed E-state index contributed by atoms with van der Waals surface area (Å²) >= 11 is 0. The molecule has 11 atom stereocenters. The lowest BCUT2D eigenvalue weighted by Gasteiger charge is -2.32. The highest BCUT2D eigenvalue weighted by Crippen LogP contribution is 2.41. The monoisotopic (exact) mass is 471 g/mol. The van der Waals surface area contributed by atoms with E-state index in [0.717, 1.165) is 0 Å². The maximum atomic E-state index is 10.9. The quantitative estimate of drug-likeness (QED) is 0.142. The molecule has 162 valence electrons. The van der Waals surface area contributed by atoms with Gasteiger partial charge in [-0.15, -0.1) is 0 Å². The van der Waals surface area contributed by atoms with Crippen molar-refractivity contribution in [3.8, 4) is 0 Å². The zero-order valence-electron chi connectivity index (χ0n) is 14.2. The molecular formula is C12H26O11P3S-. The molecule has 0 amide bonds. The highest BCUT2D eigenvalue weighted by Gasteiger charge is 2.46. The molecule has 0 saturated heterocycles. The molecule has 11 nitrogen and oxygen atoms in total. The maximum absolute atomic E-state index is 10.9. The van der Waals surface area contributed by atoms with E-state index in [-0.39, 0.29) is 31.0 Å². The summed E-state index contributed by atoms with van der Waals surface area (Å²) in [5, 5.41) is 38.9. The predicted molar refractivity (Wildman–Crippen MR) is 101 cm³/mol. The molecule has 0 aliphatic heterocycles. The van der Waals surface area contributed by atoms with Gasteiger partial charge in [-0.2, -0.15) is 0 Å². The number of hydrogen-bond acceptors (Lipinski definition) is 11. The number of aliphatic hydroxyl groups excluding tert-OH is 4. The summed E-state index contributed by atoms with van der Waals surface area (Å²) in [5.41, 5.74) is 0. The van der Waals surface area contributed by atoms with Crippen molar-refractivity contribution in [3.63, 3.8) is 0 Å². The Morgan fingerprint density at radius 1 is 1.11 bits per heavy atom. The van der Waals surface area contributed by atoms with E-state index in [4.69, 9.17) is 18.7 Å². The summed E-state index contributed by atoms with van der Waals surface area (Å²) in [6.45, 7) is -0.704. The van der Waals surface area contributed by atoms with Crippen molar-refractivity contribution >= 4 is 38.8 Å². The van der Waals surface area contributed by atoms with Gasteiger partial charge in [0.25, 0.3) is 0 Å². The zero-order valence-corrected chi connectivity index (χ0v) is 18.5. The molecule has 1 rings (SSSR count). The number of rotatable bonds is 12. The molecule has 1 fully saturated rings. The Hall–Kier alpha value is 0.880. The first kappa shape index (κ1) is 25.9. The van der Waals surface area contributed by atoms with Crippen LogP contribution in [0.1, 0.15) is 12.8 Å². The minimum absolute atomic E-state index is 0.108.